The van der Waals surface area contributed by atoms with E-state index in [4.69, 9.17) is 5.26 Å². The predicted octanol–water partition coefficient (Wildman–Crippen LogP) is 1.68. The molecule has 1 aliphatic heterocycles. The van der Waals surface area contributed by atoms with Crippen LogP contribution in [0, 0.1) is 21.4 Å². The molecule has 9 nitrogen and oxygen atoms in total. The molecule has 9 heteroatoms. The number of amides is 2. The van der Waals surface area contributed by atoms with Crippen LogP contribution in [0.15, 0.2) is 54.2 Å². The van der Waals surface area contributed by atoms with Gasteiger partial charge in [0.25, 0.3) is 17.5 Å². The van der Waals surface area contributed by atoms with E-state index in [1.165, 1.54) is 53.4 Å². The van der Waals surface area contributed by atoms with Gasteiger partial charge >= 0.3 is 0 Å². The van der Waals surface area contributed by atoms with Crippen molar-refractivity contribution in [1.82, 2.24) is 4.90 Å². The summed E-state index contributed by atoms with van der Waals surface area (Å²) < 4.78 is 0. The van der Waals surface area contributed by atoms with Crippen molar-refractivity contribution < 1.29 is 19.6 Å². The molecule has 0 spiro atoms. The van der Waals surface area contributed by atoms with Gasteiger partial charge < -0.3 is 10.0 Å². The summed E-state index contributed by atoms with van der Waals surface area (Å²) in [5, 5.41) is 29.1. The number of non-ortho nitro benzene ring substituents is 1. The first kappa shape index (κ1) is 19.7. The topological polar surface area (TPSA) is 128 Å². The summed E-state index contributed by atoms with van der Waals surface area (Å²) in [5.41, 5.74) is 1.07. The SMILES string of the molecule is CN(CCO)C1=C(c2ccc([N+](=O)[O-])cc2)C(=O)N(c2ccc(C#N)cc2)C1=O. The zero-order chi connectivity index (χ0) is 21.1. The second-order valence-corrected chi connectivity index (χ2v) is 6.28. The molecule has 0 radical (unpaired) electrons. The number of nitrogens with zero attached hydrogens (tertiary/aromatic N) is 4. The first-order valence-electron chi connectivity index (χ1n) is 8.59. The minimum absolute atomic E-state index is 0.0854. The molecular weight excluding hydrogens is 376 g/mol. The van der Waals surface area contributed by atoms with Crippen molar-refractivity contribution in [1.29, 1.82) is 5.26 Å². The van der Waals surface area contributed by atoms with Crippen LogP contribution in [0.4, 0.5) is 11.4 Å². The van der Waals surface area contributed by atoms with Crippen LogP contribution in [-0.2, 0) is 9.59 Å². The van der Waals surface area contributed by atoms with Crippen LogP contribution in [0.25, 0.3) is 5.57 Å². The summed E-state index contributed by atoms with van der Waals surface area (Å²) in [6.45, 7) is -0.113. The number of carbonyl (C=O) groups excluding carboxylic acids is 2. The Hall–Kier alpha value is -4.03. The highest BCUT2D eigenvalue weighted by atomic mass is 16.6. The number of anilines is 1. The maximum atomic E-state index is 13.2. The number of nitriles is 1. The van der Waals surface area contributed by atoms with Crippen molar-refractivity contribution >= 4 is 28.8 Å². The van der Waals surface area contributed by atoms with E-state index in [1.807, 2.05) is 6.07 Å². The van der Waals surface area contributed by atoms with Crippen LogP contribution in [0.5, 0.6) is 0 Å². The lowest BCUT2D eigenvalue weighted by molar-refractivity contribution is -0.384. The van der Waals surface area contributed by atoms with E-state index in [-0.39, 0.29) is 30.1 Å². The van der Waals surface area contributed by atoms with E-state index in [9.17, 15) is 24.8 Å². The fourth-order valence-electron chi connectivity index (χ4n) is 3.06. The summed E-state index contributed by atoms with van der Waals surface area (Å²) in [5.74, 6) is -1.17. The number of carbonyl (C=O) groups is 2. The summed E-state index contributed by atoms with van der Waals surface area (Å²) in [7, 11) is 1.57. The Morgan fingerprint density at radius 2 is 1.72 bits per heavy atom. The Labute approximate surface area is 165 Å². The van der Waals surface area contributed by atoms with Crippen molar-refractivity contribution in [2.75, 3.05) is 25.1 Å². The van der Waals surface area contributed by atoms with Gasteiger partial charge in [-0.25, -0.2) is 4.90 Å². The summed E-state index contributed by atoms with van der Waals surface area (Å²) in [6.07, 6.45) is 0. The Balaban J connectivity index is 2.09. The molecule has 2 aromatic carbocycles. The van der Waals surface area contributed by atoms with Gasteiger partial charge in [-0.2, -0.15) is 5.26 Å². The summed E-state index contributed by atoms with van der Waals surface area (Å²) in [4.78, 5) is 39.1. The highest BCUT2D eigenvalue weighted by Gasteiger charge is 2.41. The monoisotopic (exact) mass is 392 g/mol. The second kappa shape index (κ2) is 7.92. The largest absolute Gasteiger partial charge is 0.395 e. The van der Waals surface area contributed by atoms with E-state index >= 15 is 0 Å². The van der Waals surface area contributed by atoms with Crippen LogP contribution in [0.2, 0.25) is 0 Å². The zero-order valence-electron chi connectivity index (χ0n) is 15.4. The lowest BCUT2D eigenvalue weighted by Crippen LogP contribution is -2.34. The highest BCUT2D eigenvalue weighted by molar-refractivity contribution is 6.45. The van der Waals surface area contributed by atoms with Crippen LogP contribution in [-0.4, -0.2) is 46.9 Å². The fourth-order valence-corrected chi connectivity index (χ4v) is 3.06. The number of rotatable bonds is 6. The third-order valence-electron chi connectivity index (χ3n) is 4.50. The number of nitro groups is 1. The van der Waals surface area contributed by atoms with E-state index in [1.54, 1.807) is 7.05 Å². The average Bonchev–Trinajstić information content (AvgIpc) is 2.98. The summed E-state index contributed by atoms with van der Waals surface area (Å²) >= 11 is 0. The molecule has 0 fully saturated rings. The van der Waals surface area contributed by atoms with Crippen molar-refractivity contribution in [2.45, 2.75) is 0 Å². The van der Waals surface area contributed by atoms with Gasteiger partial charge in [-0.15, -0.1) is 0 Å². The molecule has 29 heavy (non-hydrogen) atoms. The second-order valence-electron chi connectivity index (χ2n) is 6.28. The van der Waals surface area contributed by atoms with Crippen molar-refractivity contribution in [2.24, 2.45) is 0 Å². The number of nitro benzene ring substituents is 1. The Morgan fingerprint density at radius 3 is 2.24 bits per heavy atom. The van der Waals surface area contributed by atoms with Crippen molar-refractivity contribution in [3.05, 3.63) is 75.5 Å². The standard InChI is InChI=1S/C20H16N4O5/c1-22(10-11-25)18-17(14-4-8-16(9-5-14)24(28)29)19(26)23(20(18)27)15-6-2-13(12-21)3-7-15/h2-9,25H,10-11H2,1H3. The number of benzene rings is 2. The molecule has 146 valence electrons. The molecule has 3 rings (SSSR count). The fraction of sp³-hybridized carbons (Fsp3) is 0.150. The van der Waals surface area contributed by atoms with Gasteiger partial charge in [0.2, 0.25) is 0 Å². The zero-order valence-corrected chi connectivity index (χ0v) is 15.4. The van der Waals surface area contributed by atoms with Crippen LogP contribution in [0.1, 0.15) is 11.1 Å². The molecule has 0 atom stereocenters. The number of likely N-dealkylation sites (N-methyl/N-ethyl adjacent to an activating group) is 1. The van der Waals surface area contributed by atoms with E-state index in [2.05, 4.69) is 0 Å². The van der Waals surface area contributed by atoms with Gasteiger partial charge in [0.1, 0.15) is 5.70 Å². The van der Waals surface area contributed by atoms with Crippen LogP contribution < -0.4 is 4.90 Å². The number of hydrogen-bond donors (Lipinski definition) is 1. The molecule has 1 N–H and O–H groups in total. The molecule has 0 aliphatic carbocycles. The molecule has 1 aliphatic rings. The molecule has 0 saturated heterocycles. The Bertz CT molecular complexity index is 1050. The van der Waals surface area contributed by atoms with E-state index in [0.29, 0.717) is 16.8 Å². The number of imide groups is 1. The van der Waals surface area contributed by atoms with Gasteiger partial charge in [-0.1, -0.05) is 0 Å². The lowest BCUT2D eigenvalue weighted by Gasteiger charge is -2.20. The molecule has 0 aromatic heterocycles. The van der Waals surface area contributed by atoms with Crippen molar-refractivity contribution in [3.8, 4) is 6.07 Å². The van der Waals surface area contributed by atoms with Gasteiger partial charge in [0, 0.05) is 25.7 Å². The quantitative estimate of drug-likeness (QED) is 0.450. The normalized spacial score (nSPS) is 13.6. The van der Waals surface area contributed by atoms with Gasteiger partial charge in [0.15, 0.2) is 0 Å². The highest BCUT2D eigenvalue weighted by Crippen LogP contribution is 2.34. The first-order chi connectivity index (χ1) is 13.9. The minimum Gasteiger partial charge on any atom is -0.395 e. The minimum atomic E-state index is -0.589. The average molecular weight is 392 g/mol. The van der Waals surface area contributed by atoms with E-state index in [0.717, 1.165) is 4.90 Å². The van der Waals surface area contributed by atoms with Crippen LogP contribution in [0.3, 0.4) is 0 Å². The van der Waals surface area contributed by atoms with Gasteiger partial charge in [-0.3, -0.25) is 19.7 Å². The first-order valence-corrected chi connectivity index (χ1v) is 8.59. The lowest BCUT2D eigenvalue weighted by atomic mass is 10.0. The Kier molecular flexibility index (Phi) is 5.38. The third kappa shape index (κ3) is 3.56. The number of aliphatic hydroxyl groups excluding tert-OH is 1. The van der Waals surface area contributed by atoms with E-state index < -0.39 is 16.7 Å². The third-order valence-corrected chi connectivity index (χ3v) is 4.50. The molecule has 2 aromatic rings. The predicted molar refractivity (Wildman–Crippen MR) is 103 cm³/mol. The smallest absolute Gasteiger partial charge is 0.282 e. The molecular formula is C20H16N4O5. The summed E-state index contributed by atoms with van der Waals surface area (Å²) in [6, 6.07) is 13.3. The molecule has 0 bridgehead atoms. The number of aliphatic hydroxyl groups is 1. The molecule has 0 unspecified atom stereocenters. The maximum Gasteiger partial charge on any atom is 0.282 e. The number of hydrogen-bond acceptors (Lipinski definition) is 7. The van der Waals surface area contributed by atoms with Crippen LogP contribution >= 0.6 is 0 Å². The molecule has 2 amide bonds. The maximum absolute atomic E-state index is 13.2. The van der Waals surface area contributed by atoms with Gasteiger partial charge in [0.05, 0.1) is 34.4 Å². The Morgan fingerprint density at radius 1 is 1.10 bits per heavy atom. The molecule has 1 heterocycles. The molecule has 0 saturated carbocycles. The van der Waals surface area contributed by atoms with Crippen molar-refractivity contribution in [3.63, 3.8) is 0 Å². The van der Waals surface area contributed by atoms with Gasteiger partial charge in [-0.05, 0) is 42.0 Å².